The summed E-state index contributed by atoms with van der Waals surface area (Å²) in [6.07, 6.45) is 3.71. The molecular formula is C16H26N2. The van der Waals surface area contributed by atoms with E-state index in [4.69, 9.17) is 5.73 Å². The molecule has 100 valence electrons. The fourth-order valence-electron chi connectivity index (χ4n) is 3.39. The molecule has 0 aliphatic carbocycles. The molecule has 1 aliphatic heterocycles. The van der Waals surface area contributed by atoms with Gasteiger partial charge in [0.2, 0.25) is 0 Å². The van der Waals surface area contributed by atoms with Crippen molar-refractivity contribution < 1.29 is 0 Å². The number of nitrogens with two attached hydrogens (primary N) is 1. The first-order valence-electron chi connectivity index (χ1n) is 7.11. The predicted octanol–water partition coefficient (Wildman–Crippen LogP) is 2.96. The summed E-state index contributed by atoms with van der Waals surface area (Å²) in [6, 6.07) is 6.93. The van der Waals surface area contributed by atoms with Gasteiger partial charge in [-0.1, -0.05) is 30.7 Å². The van der Waals surface area contributed by atoms with Crippen LogP contribution in [0, 0.1) is 13.8 Å². The van der Waals surface area contributed by atoms with Gasteiger partial charge in [-0.25, -0.2) is 0 Å². The van der Waals surface area contributed by atoms with Gasteiger partial charge in [-0.3, -0.25) is 4.90 Å². The molecule has 1 aromatic carbocycles. The first kappa shape index (κ1) is 13.6. The second-order valence-corrected chi connectivity index (χ2v) is 5.75. The summed E-state index contributed by atoms with van der Waals surface area (Å²) in [7, 11) is 0. The Labute approximate surface area is 111 Å². The maximum absolute atomic E-state index is 5.75. The SMILES string of the molecule is CCC1(c2ccc(C)cc2C)CCN(CN)CC1. The molecule has 2 N–H and O–H groups in total. The van der Waals surface area contributed by atoms with E-state index in [1.807, 2.05) is 0 Å². The van der Waals surface area contributed by atoms with E-state index < -0.39 is 0 Å². The number of hydrogen-bond acceptors (Lipinski definition) is 2. The minimum atomic E-state index is 0.378. The zero-order chi connectivity index (χ0) is 13.2. The fraction of sp³-hybridized carbons (Fsp3) is 0.625. The van der Waals surface area contributed by atoms with Gasteiger partial charge in [0.05, 0.1) is 0 Å². The first-order chi connectivity index (χ1) is 8.61. The molecule has 0 saturated carbocycles. The zero-order valence-electron chi connectivity index (χ0n) is 12.0. The standard InChI is InChI=1S/C16H26N2/c1-4-16(7-9-18(12-17)10-8-16)15-6-5-13(2)11-14(15)3/h5-6,11H,4,7-10,12,17H2,1-3H3. The van der Waals surface area contributed by atoms with Crippen LogP contribution in [0.4, 0.5) is 0 Å². The minimum absolute atomic E-state index is 0.378. The van der Waals surface area contributed by atoms with E-state index in [0.29, 0.717) is 12.1 Å². The van der Waals surface area contributed by atoms with Crippen LogP contribution in [0.3, 0.4) is 0 Å². The molecule has 0 amide bonds. The molecule has 1 aromatic rings. The van der Waals surface area contributed by atoms with Crippen LogP contribution >= 0.6 is 0 Å². The third kappa shape index (κ3) is 2.45. The van der Waals surface area contributed by atoms with Gasteiger partial charge in [-0.2, -0.15) is 0 Å². The Morgan fingerprint density at radius 1 is 1.22 bits per heavy atom. The van der Waals surface area contributed by atoms with Crippen molar-refractivity contribution in [1.82, 2.24) is 4.90 Å². The second kappa shape index (κ2) is 5.41. The van der Waals surface area contributed by atoms with Crippen LogP contribution in [0.5, 0.6) is 0 Å². The fourth-order valence-corrected chi connectivity index (χ4v) is 3.39. The van der Waals surface area contributed by atoms with Crippen molar-refractivity contribution in [3.05, 3.63) is 34.9 Å². The van der Waals surface area contributed by atoms with Gasteiger partial charge in [0, 0.05) is 19.8 Å². The van der Waals surface area contributed by atoms with Crippen LogP contribution in [0.1, 0.15) is 42.9 Å². The number of piperidine rings is 1. The van der Waals surface area contributed by atoms with Gasteiger partial charge in [0.1, 0.15) is 0 Å². The van der Waals surface area contributed by atoms with E-state index in [0.717, 1.165) is 13.1 Å². The number of nitrogens with zero attached hydrogens (tertiary/aromatic N) is 1. The molecule has 0 bridgehead atoms. The Kier molecular flexibility index (Phi) is 4.08. The van der Waals surface area contributed by atoms with Crippen molar-refractivity contribution >= 4 is 0 Å². The maximum atomic E-state index is 5.75. The Balaban J connectivity index is 2.28. The average molecular weight is 246 g/mol. The van der Waals surface area contributed by atoms with Gasteiger partial charge in [0.15, 0.2) is 0 Å². The highest BCUT2D eigenvalue weighted by molar-refractivity contribution is 5.37. The molecular weight excluding hydrogens is 220 g/mol. The molecule has 2 heteroatoms. The zero-order valence-corrected chi connectivity index (χ0v) is 12.0. The van der Waals surface area contributed by atoms with Crippen molar-refractivity contribution in [2.45, 2.75) is 45.4 Å². The lowest BCUT2D eigenvalue weighted by Gasteiger charge is -2.42. The highest BCUT2D eigenvalue weighted by Crippen LogP contribution is 2.40. The van der Waals surface area contributed by atoms with Crippen LogP contribution in [-0.2, 0) is 5.41 Å². The van der Waals surface area contributed by atoms with E-state index in [9.17, 15) is 0 Å². The van der Waals surface area contributed by atoms with Gasteiger partial charge in [-0.05, 0) is 49.7 Å². The number of benzene rings is 1. The summed E-state index contributed by atoms with van der Waals surface area (Å²) >= 11 is 0. The summed E-state index contributed by atoms with van der Waals surface area (Å²) in [4.78, 5) is 2.36. The third-order valence-electron chi connectivity index (χ3n) is 4.70. The number of rotatable bonds is 3. The smallest absolute Gasteiger partial charge is 0.0455 e. The Morgan fingerprint density at radius 3 is 2.39 bits per heavy atom. The van der Waals surface area contributed by atoms with Crippen molar-refractivity contribution in [2.75, 3.05) is 19.8 Å². The van der Waals surface area contributed by atoms with Crippen LogP contribution in [0.15, 0.2) is 18.2 Å². The van der Waals surface area contributed by atoms with E-state index in [1.54, 1.807) is 5.56 Å². The summed E-state index contributed by atoms with van der Waals surface area (Å²) < 4.78 is 0. The molecule has 2 nitrogen and oxygen atoms in total. The second-order valence-electron chi connectivity index (χ2n) is 5.75. The molecule has 18 heavy (non-hydrogen) atoms. The molecule has 1 heterocycles. The molecule has 0 unspecified atom stereocenters. The number of likely N-dealkylation sites (tertiary alicyclic amines) is 1. The average Bonchev–Trinajstić information content (AvgIpc) is 2.39. The Bertz CT molecular complexity index is 404. The minimum Gasteiger partial charge on any atom is -0.318 e. The summed E-state index contributed by atoms with van der Waals surface area (Å²) in [5, 5.41) is 0. The van der Waals surface area contributed by atoms with Crippen LogP contribution in [0.25, 0.3) is 0 Å². The van der Waals surface area contributed by atoms with Gasteiger partial charge >= 0.3 is 0 Å². The molecule has 1 aliphatic rings. The number of aryl methyl sites for hydroxylation is 2. The molecule has 0 aromatic heterocycles. The third-order valence-corrected chi connectivity index (χ3v) is 4.70. The molecule has 1 fully saturated rings. The van der Waals surface area contributed by atoms with Crippen molar-refractivity contribution in [3.8, 4) is 0 Å². The maximum Gasteiger partial charge on any atom is 0.0455 e. The molecule has 1 saturated heterocycles. The number of hydrogen-bond donors (Lipinski definition) is 1. The Morgan fingerprint density at radius 2 is 1.89 bits per heavy atom. The van der Waals surface area contributed by atoms with Gasteiger partial charge in [0.25, 0.3) is 0 Å². The molecule has 2 rings (SSSR count). The van der Waals surface area contributed by atoms with E-state index >= 15 is 0 Å². The van der Waals surface area contributed by atoms with Crippen molar-refractivity contribution in [1.29, 1.82) is 0 Å². The highest BCUT2D eigenvalue weighted by atomic mass is 15.2. The van der Waals surface area contributed by atoms with Crippen molar-refractivity contribution in [3.63, 3.8) is 0 Å². The summed E-state index contributed by atoms with van der Waals surface area (Å²) in [5.41, 5.74) is 10.5. The van der Waals surface area contributed by atoms with Crippen LogP contribution in [-0.4, -0.2) is 24.7 Å². The summed E-state index contributed by atoms with van der Waals surface area (Å²) in [6.45, 7) is 9.74. The van der Waals surface area contributed by atoms with Gasteiger partial charge in [-0.15, -0.1) is 0 Å². The summed E-state index contributed by atoms with van der Waals surface area (Å²) in [5.74, 6) is 0. The van der Waals surface area contributed by atoms with Crippen molar-refractivity contribution in [2.24, 2.45) is 5.73 Å². The van der Waals surface area contributed by atoms with Crippen LogP contribution < -0.4 is 5.73 Å². The van der Waals surface area contributed by atoms with E-state index in [-0.39, 0.29) is 0 Å². The monoisotopic (exact) mass is 246 g/mol. The largest absolute Gasteiger partial charge is 0.318 e. The molecule has 0 radical (unpaired) electrons. The first-order valence-corrected chi connectivity index (χ1v) is 7.11. The lowest BCUT2D eigenvalue weighted by molar-refractivity contribution is 0.158. The van der Waals surface area contributed by atoms with Crippen LogP contribution in [0.2, 0.25) is 0 Å². The van der Waals surface area contributed by atoms with E-state index in [2.05, 4.69) is 43.9 Å². The molecule has 0 atom stereocenters. The molecule has 0 spiro atoms. The van der Waals surface area contributed by atoms with Gasteiger partial charge < -0.3 is 5.73 Å². The Hall–Kier alpha value is -0.860. The van der Waals surface area contributed by atoms with E-state index in [1.165, 1.54) is 30.4 Å². The normalized spacial score (nSPS) is 20.0. The quantitative estimate of drug-likeness (QED) is 0.888. The topological polar surface area (TPSA) is 29.3 Å². The highest BCUT2D eigenvalue weighted by Gasteiger charge is 2.35. The lowest BCUT2D eigenvalue weighted by Crippen LogP contribution is -2.44. The lowest BCUT2D eigenvalue weighted by atomic mass is 9.69. The predicted molar refractivity (Wildman–Crippen MR) is 77.7 cm³/mol.